The van der Waals surface area contributed by atoms with Crippen molar-refractivity contribution in [3.63, 3.8) is 0 Å². The second-order valence-corrected chi connectivity index (χ2v) is 6.18. The standard InChI is InChI=1S/C13H23F3N2O2/c1-12(2,3)20-11(19)18-6-4-5-10(8-18)7-17-9-13(14,15)16/h10,17H,4-9H2,1-3H3. The monoisotopic (exact) mass is 296 g/mol. The minimum absolute atomic E-state index is 0.0404. The number of nitrogens with zero attached hydrogens (tertiary/aromatic N) is 1. The van der Waals surface area contributed by atoms with Gasteiger partial charge in [0.25, 0.3) is 0 Å². The first-order valence-corrected chi connectivity index (χ1v) is 6.82. The molecule has 1 atom stereocenters. The van der Waals surface area contributed by atoms with Gasteiger partial charge in [0.2, 0.25) is 0 Å². The molecule has 0 aromatic carbocycles. The van der Waals surface area contributed by atoms with Crippen LogP contribution in [0.4, 0.5) is 18.0 Å². The van der Waals surface area contributed by atoms with Gasteiger partial charge in [0.1, 0.15) is 5.60 Å². The molecule has 1 fully saturated rings. The zero-order valence-electron chi connectivity index (χ0n) is 12.2. The summed E-state index contributed by atoms with van der Waals surface area (Å²) in [6.07, 6.45) is -2.97. The van der Waals surface area contributed by atoms with Gasteiger partial charge >= 0.3 is 12.3 Å². The van der Waals surface area contributed by atoms with E-state index in [1.807, 2.05) is 0 Å². The average Bonchev–Trinajstić information content (AvgIpc) is 2.25. The van der Waals surface area contributed by atoms with Crippen LogP contribution in [0.2, 0.25) is 0 Å². The Hall–Kier alpha value is -0.980. The number of halogens is 3. The fourth-order valence-corrected chi connectivity index (χ4v) is 2.14. The number of ether oxygens (including phenoxy) is 1. The Bertz CT molecular complexity index is 327. The van der Waals surface area contributed by atoms with Crippen molar-refractivity contribution >= 4 is 6.09 Å². The van der Waals surface area contributed by atoms with Gasteiger partial charge in [-0.15, -0.1) is 0 Å². The van der Waals surface area contributed by atoms with E-state index in [1.54, 1.807) is 25.7 Å². The van der Waals surface area contributed by atoms with Crippen LogP contribution in [-0.4, -0.2) is 48.9 Å². The van der Waals surface area contributed by atoms with Gasteiger partial charge in [-0.2, -0.15) is 13.2 Å². The zero-order valence-corrected chi connectivity index (χ0v) is 12.2. The summed E-state index contributed by atoms with van der Waals surface area (Å²) in [6, 6.07) is 0. The number of rotatable bonds is 3. The van der Waals surface area contributed by atoms with Crippen LogP contribution >= 0.6 is 0 Å². The molecule has 0 aromatic heterocycles. The van der Waals surface area contributed by atoms with Crippen molar-refractivity contribution in [2.45, 2.75) is 45.4 Å². The number of piperidine rings is 1. The summed E-state index contributed by atoms with van der Waals surface area (Å²) in [7, 11) is 0. The van der Waals surface area contributed by atoms with E-state index in [1.165, 1.54) is 0 Å². The highest BCUT2D eigenvalue weighted by Gasteiger charge is 2.29. The van der Waals surface area contributed by atoms with E-state index < -0.39 is 24.4 Å². The third kappa shape index (κ3) is 6.98. The number of alkyl halides is 3. The molecule has 1 N–H and O–H groups in total. The van der Waals surface area contributed by atoms with E-state index in [9.17, 15) is 18.0 Å². The predicted octanol–water partition coefficient (Wildman–Crippen LogP) is 2.79. The molecule has 0 spiro atoms. The van der Waals surface area contributed by atoms with E-state index in [-0.39, 0.29) is 12.5 Å². The molecule has 0 aromatic rings. The molecule has 0 radical (unpaired) electrons. The van der Waals surface area contributed by atoms with Crippen LogP contribution < -0.4 is 5.32 Å². The highest BCUT2D eigenvalue weighted by atomic mass is 19.4. The Labute approximate surface area is 117 Å². The minimum Gasteiger partial charge on any atom is -0.444 e. The van der Waals surface area contributed by atoms with Crippen molar-refractivity contribution < 1.29 is 22.7 Å². The van der Waals surface area contributed by atoms with Gasteiger partial charge in [-0.05, 0) is 46.1 Å². The van der Waals surface area contributed by atoms with Gasteiger partial charge in [-0.1, -0.05) is 0 Å². The molecule has 0 saturated carbocycles. The molecule has 1 heterocycles. The molecular formula is C13H23F3N2O2. The third-order valence-electron chi connectivity index (χ3n) is 2.93. The number of carbonyl (C=O) groups is 1. The van der Waals surface area contributed by atoms with E-state index in [4.69, 9.17) is 4.74 Å². The summed E-state index contributed by atoms with van der Waals surface area (Å²) in [5, 5.41) is 2.40. The van der Waals surface area contributed by atoms with E-state index in [2.05, 4.69) is 5.32 Å². The van der Waals surface area contributed by atoms with Crippen LogP contribution in [0.1, 0.15) is 33.6 Å². The number of hydrogen-bond donors (Lipinski definition) is 1. The summed E-state index contributed by atoms with van der Waals surface area (Å²) in [5.41, 5.74) is -0.557. The molecule has 118 valence electrons. The molecule has 20 heavy (non-hydrogen) atoms. The van der Waals surface area contributed by atoms with Crippen molar-refractivity contribution in [2.75, 3.05) is 26.2 Å². The lowest BCUT2D eigenvalue weighted by Gasteiger charge is -2.34. The van der Waals surface area contributed by atoms with Crippen LogP contribution in [0.3, 0.4) is 0 Å². The number of likely N-dealkylation sites (tertiary alicyclic amines) is 1. The van der Waals surface area contributed by atoms with Crippen molar-refractivity contribution in [3.05, 3.63) is 0 Å². The molecule has 1 saturated heterocycles. The van der Waals surface area contributed by atoms with Gasteiger partial charge in [0.15, 0.2) is 0 Å². The largest absolute Gasteiger partial charge is 0.444 e. The number of carbonyl (C=O) groups excluding carboxylic acids is 1. The second kappa shape index (κ2) is 6.65. The lowest BCUT2D eigenvalue weighted by atomic mass is 9.98. The molecule has 1 aliphatic rings. The SMILES string of the molecule is CC(C)(C)OC(=O)N1CCCC(CNCC(F)(F)F)C1. The van der Waals surface area contributed by atoms with E-state index in [0.29, 0.717) is 13.1 Å². The van der Waals surface area contributed by atoms with Crippen LogP contribution in [0, 0.1) is 5.92 Å². The van der Waals surface area contributed by atoms with Crippen molar-refractivity contribution in [2.24, 2.45) is 5.92 Å². The van der Waals surface area contributed by atoms with Crippen molar-refractivity contribution in [3.8, 4) is 0 Å². The summed E-state index contributed by atoms with van der Waals surface area (Å²) >= 11 is 0. The summed E-state index contributed by atoms with van der Waals surface area (Å²) in [6.45, 7) is 5.69. The van der Waals surface area contributed by atoms with Gasteiger partial charge in [-0.25, -0.2) is 4.79 Å². The summed E-state index contributed by atoms with van der Waals surface area (Å²) < 4.78 is 41.4. The Morgan fingerprint density at radius 3 is 2.55 bits per heavy atom. The third-order valence-corrected chi connectivity index (χ3v) is 2.93. The fraction of sp³-hybridized carbons (Fsp3) is 0.923. The first-order chi connectivity index (χ1) is 9.07. The van der Waals surface area contributed by atoms with Crippen LogP contribution in [0.5, 0.6) is 0 Å². The lowest BCUT2D eigenvalue weighted by molar-refractivity contribution is -0.125. The fourth-order valence-electron chi connectivity index (χ4n) is 2.14. The molecule has 0 aliphatic carbocycles. The molecule has 7 heteroatoms. The highest BCUT2D eigenvalue weighted by molar-refractivity contribution is 5.68. The second-order valence-electron chi connectivity index (χ2n) is 6.18. The van der Waals surface area contributed by atoms with Gasteiger partial charge in [0, 0.05) is 13.1 Å². The molecule has 1 unspecified atom stereocenters. The number of hydrogen-bond acceptors (Lipinski definition) is 3. The van der Waals surface area contributed by atoms with Gasteiger partial charge < -0.3 is 15.0 Å². The maximum absolute atomic E-state index is 12.1. The van der Waals surface area contributed by atoms with Crippen molar-refractivity contribution in [1.82, 2.24) is 10.2 Å². The minimum atomic E-state index is -4.19. The Kier molecular flexibility index (Phi) is 5.68. The normalized spacial score (nSPS) is 20.9. The predicted molar refractivity (Wildman–Crippen MR) is 69.5 cm³/mol. The van der Waals surface area contributed by atoms with Crippen molar-refractivity contribution in [1.29, 1.82) is 0 Å². The Balaban J connectivity index is 2.37. The van der Waals surface area contributed by atoms with Crippen LogP contribution in [0.25, 0.3) is 0 Å². The topological polar surface area (TPSA) is 41.6 Å². The Morgan fingerprint density at radius 2 is 2.00 bits per heavy atom. The van der Waals surface area contributed by atoms with Crippen LogP contribution in [0.15, 0.2) is 0 Å². The first kappa shape index (κ1) is 17.1. The lowest BCUT2D eigenvalue weighted by Crippen LogP contribution is -2.45. The maximum atomic E-state index is 12.1. The van der Waals surface area contributed by atoms with E-state index in [0.717, 1.165) is 12.8 Å². The molecule has 1 rings (SSSR count). The average molecular weight is 296 g/mol. The number of nitrogens with one attached hydrogen (secondary N) is 1. The molecule has 1 amide bonds. The van der Waals surface area contributed by atoms with Gasteiger partial charge in [0.05, 0.1) is 6.54 Å². The maximum Gasteiger partial charge on any atom is 0.410 e. The van der Waals surface area contributed by atoms with Gasteiger partial charge in [-0.3, -0.25) is 0 Å². The molecule has 0 bridgehead atoms. The highest BCUT2D eigenvalue weighted by Crippen LogP contribution is 2.19. The summed E-state index contributed by atoms with van der Waals surface area (Å²) in [4.78, 5) is 13.5. The van der Waals surface area contributed by atoms with Crippen LogP contribution in [-0.2, 0) is 4.74 Å². The summed E-state index contributed by atoms with van der Waals surface area (Å²) in [5.74, 6) is 0.0404. The first-order valence-electron chi connectivity index (χ1n) is 6.82. The number of amides is 1. The Morgan fingerprint density at radius 1 is 1.35 bits per heavy atom. The quantitative estimate of drug-likeness (QED) is 0.870. The molecule has 4 nitrogen and oxygen atoms in total. The smallest absolute Gasteiger partial charge is 0.410 e. The molecule has 1 aliphatic heterocycles. The van der Waals surface area contributed by atoms with E-state index >= 15 is 0 Å². The molecular weight excluding hydrogens is 273 g/mol. The zero-order chi connectivity index (χ0) is 15.4.